The van der Waals surface area contributed by atoms with Crippen LogP contribution < -0.4 is 5.56 Å². The Balaban J connectivity index is 2.04. The van der Waals surface area contributed by atoms with E-state index in [9.17, 15) is 9.59 Å². The molecule has 19 heavy (non-hydrogen) atoms. The lowest BCUT2D eigenvalue weighted by molar-refractivity contribution is -0.131. The van der Waals surface area contributed by atoms with Crippen molar-refractivity contribution in [2.75, 3.05) is 7.05 Å². The Labute approximate surface area is 118 Å². The zero-order valence-electron chi connectivity index (χ0n) is 10.4. The van der Waals surface area contributed by atoms with Gasteiger partial charge in [0.25, 0.3) is 5.56 Å². The van der Waals surface area contributed by atoms with Gasteiger partial charge in [-0.15, -0.1) is 0 Å². The molecular formula is C13H13BrN2O3. The Kier molecular flexibility index (Phi) is 4.21. The second-order valence-corrected chi connectivity index (χ2v) is 5.06. The number of furan rings is 1. The molecule has 1 amide bonds. The zero-order chi connectivity index (χ0) is 13.8. The summed E-state index contributed by atoms with van der Waals surface area (Å²) in [6.45, 7) is 0.393. The highest BCUT2D eigenvalue weighted by molar-refractivity contribution is 9.10. The predicted molar refractivity (Wildman–Crippen MR) is 73.6 cm³/mol. The van der Waals surface area contributed by atoms with E-state index in [4.69, 9.17) is 4.42 Å². The highest BCUT2D eigenvalue weighted by Gasteiger charge is 2.12. The minimum absolute atomic E-state index is 0.00941. The number of rotatable bonds is 4. The Hall–Kier alpha value is -1.82. The average Bonchev–Trinajstić information content (AvgIpc) is 2.86. The number of nitrogens with zero attached hydrogens (tertiary/aromatic N) is 2. The van der Waals surface area contributed by atoms with E-state index < -0.39 is 0 Å². The van der Waals surface area contributed by atoms with Crippen LogP contribution in [0.25, 0.3) is 0 Å². The summed E-state index contributed by atoms with van der Waals surface area (Å²) in [7, 11) is 1.67. The van der Waals surface area contributed by atoms with Gasteiger partial charge in [-0.2, -0.15) is 0 Å². The first kappa shape index (κ1) is 13.6. The molecule has 0 saturated heterocycles. The second kappa shape index (κ2) is 5.88. The van der Waals surface area contributed by atoms with Gasteiger partial charge in [0, 0.05) is 23.8 Å². The monoisotopic (exact) mass is 324 g/mol. The molecule has 2 rings (SSSR count). The van der Waals surface area contributed by atoms with Crippen molar-refractivity contribution in [2.24, 2.45) is 0 Å². The summed E-state index contributed by atoms with van der Waals surface area (Å²) in [6, 6.07) is 6.64. The van der Waals surface area contributed by atoms with Crippen LogP contribution in [0.1, 0.15) is 5.76 Å². The van der Waals surface area contributed by atoms with E-state index >= 15 is 0 Å². The van der Waals surface area contributed by atoms with Crippen LogP contribution in [-0.4, -0.2) is 22.4 Å². The Morgan fingerprint density at radius 1 is 1.42 bits per heavy atom. The van der Waals surface area contributed by atoms with E-state index in [-0.39, 0.29) is 18.0 Å². The van der Waals surface area contributed by atoms with Gasteiger partial charge in [-0.05, 0) is 34.1 Å². The molecule has 5 nitrogen and oxygen atoms in total. The van der Waals surface area contributed by atoms with E-state index in [1.165, 1.54) is 15.5 Å². The lowest BCUT2D eigenvalue weighted by atomic mass is 10.4. The summed E-state index contributed by atoms with van der Waals surface area (Å²) in [5.41, 5.74) is -0.206. The molecule has 100 valence electrons. The quantitative estimate of drug-likeness (QED) is 0.862. The molecule has 0 fully saturated rings. The van der Waals surface area contributed by atoms with Crippen LogP contribution >= 0.6 is 15.9 Å². The highest BCUT2D eigenvalue weighted by Crippen LogP contribution is 2.07. The number of likely N-dealkylation sites (N-methyl/N-ethyl adjacent to an activating group) is 1. The highest BCUT2D eigenvalue weighted by atomic mass is 79.9. The fourth-order valence-corrected chi connectivity index (χ4v) is 2.00. The van der Waals surface area contributed by atoms with Gasteiger partial charge >= 0.3 is 0 Å². The summed E-state index contributed by atoms with van der Waals surface area (Å²) in [6.07, 6.45) is 3.16. The van der Waals surface area contributed by atoms with Gasteiger partial charge < -0.3 is 13.9 Å². The maximum atomic E-state index is 12.0. The SMILES string of the molecule is CN(Cc1ccco1)C(=O)Cn1cc(Br)ccc1=O. The normalized spacial score (nSPS) is 10.4. The molecule has 0 bridgehead atoms. The molecular weight excluding hydrogens is 312 g/mol. The number of pyridine rings is 1. The largest absolute Gasteiger partial charge is 0.467 e. The van der Waals surface area contributed by atoms with Crippen molar-refractivity contribution < 1.29 is 9.21 Å². The van der Waals surface area contributed by atoms with E-state index in [1.807, 2.05) is 0 Å². The molecule has 0 unspecified atom stereocenters. The number of carbonyl (C=O) groups is 1. The maximum absolute atomic E-state index is 12.0. The van der Waals surface area contributed by atoms with Crippen LogP contribution in [0, 0.1) is 0 Å². The van der Waals surface area contributed by atoms with Crippen LogP contribution in [0.4, 0.5) is 0 Å². The molecule has 0 saturated carbocycles. The van der Waals surface area contributed by atoms with Crippen LogP contribution in [0.3, 0.4) is 0 Å². The second-order valence-electron chi connectivity index (χ2n) is 4.14. The van der Waals surface area contributed by atoms with Crippen LogP contribution in [-0.2, 0) is 17.9 Å². The lowest BCUT2D eigenvalue weighted by Gasteiger charge is -2.16. The molecule has 0 N–H and O–H groups in total. The fourth-order valence-electron chi connectivity index (χ4n) is 1.62. The first-order valence-corrected chi connectivity index (χ1v) is 6.48. The lowest BCUT2D eigenvalue weighted by Crippen LogP contribution is -2.33. The molecule has 0 aliphatic heterocycles. The van der Waals surface area contributed by atoms with Crippen molar-refractivity contribution in [1.82, 2.24) is 9.47 Å². The van der Waals surface area contributed by atoms with Gasteiger partial charge in [0.2, 0.25) is 5.91 Å². The third kappa shape index (κ3) is 3.57. The summed E-state index contributed by atoms with van der Waals surface area (Å²) in [5, 5.41) is 0. The predicted octanol–water partition coefficient (Wildman–Crippen LogP) is 1.86. The average molecular weight is 325 g/mol. The molecule has 0 aromatic carbocycles. The molecule has 0 aliphatic rings. The van der Waals surface area contributed by atoms with Gasteiger partial charge in [-0.1, -0.05) is 0 Å². The first-order chi connectivity index (χ1) is 9.06. The number of aromatic nitrogens is 1. The molecule has 2 aromatic rings. The van der Waals surface area contributed by atoms with Crippen LogP contribution in [0.15, 0.2) is 50.4 Å². The van der Waals surface area contributed by atoms with Crippen molar-refractivity contribution >= 4 is 21.8 Å². The summed E-state index contributed by atoms with van der Waals surface area (Å²) in [4.78, 5) is 25.1. The summed E-state index contributed by atoms with van der Waals surface area (Å²) in [5.74, 6) is 0.550. The third-order valence-corrected chi connectivity index (χ3v) is 3.12. The minimum Gasteiger partial charge on any atom is -0.467 e. The Morgan fingerprint density at radius 2 is 2.21 bits per heavy atom. The molecule has 2 heterocycles. The van der Waals surface area contributed by atoms with Crippen molar-refractivity contribution in [1.29, 1.82) is 0 Å². The number of carbonyl (C=O) groups excluding carboxylic acids is 1. The maximum Gasteiger partial charge on any atom is 0.251 e. The molecule has 0 spiro atoms. The van der Waals surface area contributed by atoms with Crippen molar-refractivity contribution in [3.8, 4) is 0 Å². The van der Waals surface area contributed by atoms with Crippen LogP contribution in [0.5, 0.6) is 0 Å². The molecule has 0 aliphatic carbocycles. The molecule has 2 aromatic heterocycles. The number of halogens is 1. The molecule has 0 atom stereocenters. The fraction of sp³-hybridized carbons (Fsp3) is 0.231. The van der Waals surface area contributed by atoms with Gasteiger partial charge in [-0.25, -0.2) is 0 Å². The minimum atomic E-state index is -0.206. The van der Waals surface area contributed by atoms with Crippen LogP contribution in [0.2, 0.25) is 0 Å². The smallest absolute Gasteiger partial charge is 0.251 e. The number of hydrogen-bond acceptors (Lipinski definition) is 3. The number of amides is 1. The van der Waals surface area contributed by atoms with E-state index in [0.29, 0.717) is 12.3 Å². The van der Waals surface area contributed by atoms with Gasteiger partial charge in [-0.3, -0.25) is 9.59 Å². The summed E-state index contributed by atoms with van der Waals surface area (Å²) < 4.78 is 7.30. The van der Waals surface area contributed by atoms with E-state index in [2.05, 4.69) is 15.9 Å². The van der Waals surface area contributed by atoms with Gasteiger partial charge in [0.1, 0.15) is 12.3 Å². The van der Waals surface area contributed by atoms with Gasteiger partial charge in [0.15, 0.2) is 0 Å². The third-order valence-electron chi connectivity index (χ3n) is 2.65. The van der Waals surface area contributed by atoms with E-state index in [0.717, 1.165) is 4.47 Å². The van der Waals surface area contributed by atoms with Crippen molar-refractivity contribution in [2.45, 2.75) is 13.1 Å². The summed E-state index contributed by atoms with van der Waals surface area (Å²) >= 11 is 3.27. The van der Waals surface area contributed by atoms with Gasteiger partial charge in [0.05, 0.1) is 12.8 Å². The number of hydrogen-bond donors (Lipinski definition) is 0. The molecule has 6 heteroatoms. The van der Waals surface area contributed by atoms with E-state index in [1.54, 1.807) is 37.7 Å². The first-order valence-electron chi connectivity index (χ1n) is 5.68. The zero-order valence-corrected chi connectivity index (χ0v) is 12.0. The molecule has 0 radical (unpaired) electrons. The van der Waals surface area contributed by atoms with Crippen molar-refractivity contribution in [3.05, 3.63) is 57.3 Å². The topological polar surface area (TPSA) is 55.5 Å². The van der Waals surface area contributed by atoms with Crippen molar-refractivity contribution in [3.63, 3.8) is 0 Å². The Morgan fingerprint density at radius 3 is 2.89 bits per heavy atom. The Bertz CT molecular complexity index is 619. The standard InChI is InChI=1S/C13H13BrN2O3/c1-15(8-11-3-2-6-19-11)13(18)9-16-7-10(14)4-5-12(16)17/h2-7H,8-9H2,1H3.